The van der Waals surface area contributed by atoms with Crippen LogP contribution in [0.3, 0.4) is 0 Å². The summed E-state index contributed by atoms with van der Waals surface area (Å²) in [6.45, 7) is 0.0775. The summed E-state index contributed by atoms with van der Waals surface area (Å²) in [5.74, 6) is -0.387. The van der Waals surface area contributed by atoms with Crippen LogP contribution in [-0.2, 0) is 0 Å². The standard InChI is InChI=1S/C14H12BrFN2O3/c15-10-3-6-12(13(7-10)18(20)21)17-8-14(19)9-1-4-11(16)5-2-9/h1-7,14,17,19H,8H2. The first kappa shape index (κ1) is 15.4. The largest absolute Gasteiger partial charge is 0.387 e. The Labute approximate surface area is 128 Å². The van der Waals surface area contributed by atoms with Crippen LogP contribution >= 0.6 is 15.9 Å². The number of aliphatic hydroxyl groups excluding tert-OH is 1. The van der Waals surface area contributed by atoms with Gasteiger partial charge in [0, 0.05) is 17.1 Å². The van der Waals surface area contributed by atoms with Crippen molar-refractivity contribution in [3.63, 3.8) is 0 Å². The Morgan fingerprint density at radius 1 is 1.29 bits per heavy atom. The van der Waals surface area contributed by atoms with Gasteiger partial charge in [-0.05, 0) is 29.8 Å². The average molecular weight is 355 g/mol. The molecular weight excluding hydrogens is 343 g/mol. The first-order valence-electron chi connectivity index (χ1n) is 6.08. The Morgan fingerprint density at radius 2 is 1.95 bits per heavy atom. The molecule has 0 aliphatic heterocycles. The number of benzene rings is 2. The van der Waals surface area contributed by atoms with Crippen LogP contribution in [0.2, 0.25) is 0 Å². The zero-order chi connectivity index (χ0) is 15.4. The molecule has 0 amide bonds. The van der Waals surface area contributed by atoms with Crippen molar-refractivity contribution < 1.29 is 14.4 Å². The van der Waals surface area contributed by atoms with Gasteiger partial charge < -0.3 is 10.4 Å². The third kappa shape index (κ3) is 3.99. The number of nitrogens with zero attached hydrogens (tertiary/aromatic N) is 1. The SMILES string of the molecule is O=[N+]([O-])c1cc(Br)ccc1NCC(O)c1ccc(F)cc1. The number of hydrogen-bond donors (Lipinski definition) is 2. The highest BCUT2D eigenvalue weighted by molar-refractivity contribution is 9.10. The second-order valence-electron chi connectivity index (χ2n) is 4.37. The number of nitro groups is 1. The normalized spacial score (nSPS) is 12.0. The van der Waals surface area contributed by atoms with Gasteiger partial charge >= 0.3 is 0 Å². The molecule has 1 atom stereocenters. The van der Waals surface area contributed by atoms with Crippen molar-refractivity contribution in [3.8, 4) is 0 Å². The molecule has 0 saturated carbocycles. The fourth-order valence-electron chi connectivity index (χ4n) is 1.81. The maximum atomic E-state index is 12.8. The van der Waals surface area contributed by atoms with Gasteiger partial charge in [0.15, 0.2) is 0 Å². The van der Waals surface area contributed by atoms with Crippen LogP contribution in [0.25, 0.3) is 0 Å². The number of nitrogens with one attached hydrogen (secondary N) is 1. The molecule has 0 radical (unpaired) electrons. The maximum absolute atomic E-state index is 12.8. The summed E-state index contributed by atoms with van der Waals surface area (Å²) in [6.07, 6.45) is -0.895. The summed E-state index contributed by atoms with van der Waals surface area (Å²) in [5, 5.41) is 23.8. The summed E-state index contributed by atoms with van der Waals surface area (Å²) < 4.78 is 13.4. The minimum atomic E-state index is -0.895. The molecule has 0 saturated heterocycles. The number of rotatable bonds is 5. The van der Waals surface area contributed by atoms with E-state index in [0.29, 0.717) is 15.7 Å². The van der Waals surface area contributed by atoms with Gasteiger partial charge in [-0.2, -0.15) is 0 Å². The van der Waals surface area contributed by atoms with Crippen molar-refractivity contribution in [1.82, 2.24) is 0 Å². The molecule has 0 bridgehead atoms. The fraction of sp³-hybridized carbons (Fsp3) is 0.143. The van der Waals surface area contributed by atoms with E-state index in [2.05, 4.69) is 21.2 Å². The Morgan fingerprint density at radius 3 is 2.57 bits per heavy atom. The maximum Gasteiger partial charge on any atom is 0.293 e. The highest BCUT2D eigenvalue weighted by Crippen LogP contribution is 2.28. The molecule has 2 aromatic carbocycles. The molecule has 0 spiro atoms. The van der Waals surface area contributed by atoms with E-state index < -0.39 is 11.0 Å². The summed E-state index contributed by atoms with van der Waals surface area (Å²) in [7, 11) is 0. The monoisotopic (exact) mass is 354 g/mol. The van der Waals surface area contributed by atoms with E-state index in [1.165, 1.54) is 30.3 Å². The highest BCUT2D eigenvalue weighted by atomic mass is 79.9. The van der Waals surface area contributed by atoms with Crippen molar-refractivity contribution >= 4 is 27.3 Å². The smallest absolute Gasteiger partial charge is 0.293 e. The third-order valence-electron chi connectivity index (χ3n) is 2.90. The highest BCUT2D eigenvalue weighted by Gasteiger charge is 2.15. The minimum absolute atomic E-state index is 0.0775. The first-order valence-corrected chi connectivity index (χ1v) is 6.88. The fourth-order valence-corrected chi connectivity index (χ4v) is 2.16. The number of aliphatic hydroxyl groups is 1. The average Bonchev–Trinajstić information content (AvgIpc) is 2.46. The lowest BCUT2D eigenvalue weighted by Crippen LogP contribution is -2.13. The van der Waals surface area contributed by atoms with Crippen LogP contribution in [0, 0.1) is 15.9 Å². The van der Waals surface area contributed by atoms with Crippen molar-refractivity contribution in [2.24, 2.45) is 0 Å². The lowest BCUT2D eigenvalue weighted by Gasteiger charge is -2.13. The lowest BCUT2D eigenvalue weighted by molar-refractivity contribution is -0.384. The quantitative estimate of drug-likeness (QED) is 0.634. The Kier molecular flexibility index (Phi) is 4.87. The summed E-state index contributed by atoms with van der Waals surface area (Å²) >= 11 is 3.17. The van der Waals surface area contributed by atoms with Crippen molar-refractivity contribution in [2.75, 3.05) is 11.9 Å². The first-order chi connectivity index (χ1) is 9.97. The molecule has 1 unspecified atom stereocenters. The number of nitro benzene ring substituents is 1. The van der Waals surface area contributed by atoms with Crippen LogP contribution < -0.4 is 5.32 Å². The topological polar surface area (TPSA) is 75.4 Å². The van der Waals surface area contributed by atoms with Gasteiger partial charge in [0.1, 0.15) is 11.5 Å². The summed E-state index contributed by atoms with van der Waals surface area (Å²) in [6, 6.07) is 10.0. The van der Waals surface area contributed by atoms with E-state index in [-0.39, 0.29) is 18.0 Å². The molecule has 5 nitrogen and oxygen atoms in total. The Hall–Kier alpha value is -1.99. The van der Waals surface area contributed by atoms with Crippen LogP contribution in [0.5, 0.6) is 0 Å². The number of halogens is 2. The van der Waals surface area contributed by atoms with E-state index in [4.69, 9.17) is 0 Å². The Balaban J connectivity index is 2.09. The van der Waals surface area contributed by atoms with Crippen LogP contribution in [0.4, 0.5) is 15.8 Å². The molecular formula is C14H12BrFN2O3. The summed E-state index contributed by atoms with van der Waals surface area (Å²) in [5.41, 5.74) is 0.753. The van der Waals surface area contributed by atoms with Crippen LogP contribution in [0.15, 0.2) is 46.9 Å². The predicted molar refractivity (Wildman–Crippen MR) is 80.6 cm³/mol. The second-order valence-corrected chi connectivity index (χ2v) is 5.28. The van der Waals surface area contributed by atoms with Gasteiger partial charge in [0.2, 0.25) is 0 Å². The number of hydrogen-bond acceptors (Lipinski definition) is 4. The molecule has 2 N–H and O–H groups in total. The second kappa shape index (κ2) is 6.64. The lowest BCUT2D eigenvalue weighted by atomic mass is 10.1. The van der Waals surface area contributed by atoms with Crippen LogP contribution in [0.1, 0.15) is 11.7 Å². The van der Waals surface area contributed by atoms with E-state index in [1.807, 2.05) is 0 Å². The van der Waals surface area contributed by atoms with Crippen molar-refractivity contribution in [3.05, 3.63) is 68.4 Å². The predicted octanol–water partition coefficient (Wildman–Crippen LogP) is 3.64. The van der Waals surface area contributed by atoms with E-state index >= 15 is 0 Å². The molecule has 110 valence electrons. The molecule has 0 aliphatic carbocycles. The van der Waals surface area contributed by atoms with Gasteiger partial charge in [-0.3, -0.25) is 10.1 Å². The molecule has 0 fully saturated rings. The molecule has 0 heterocycles. The third-order valence-corrected chi connectivity index (χ3v) is 3.39. The Bertz CT molecular complexity index is 649. The zero-order valence-corrected chi connectivity index (χ0v) is 12.4. The van der Waals surface area contributed by atoms with Gasteiger partial charge in [0.25, 0.3) is 5.69 Å². The minimum Gasteiger partial charge on any atom is -0.387 e. The van der Waals surface area contributed by atoms with E-state index in [9.17, 15) is 19.6 Å². The van der Waals surface area contributed by atoms with Crippen LogP contribution in [-0.4, -0.2) is 16.6 Å². The van der Waals surface area contributed by atoms with Crippen molar-refractivity contribution in [1.29, 1.82) is 0 Å². The summed E-state index contributed by atoms with van der Waals surface area (Å²) in [4.78, 5) is 10.5. The van der Waals surface area contributed by atoms with Gasteiger partial charge in [-0.1, -0.05) is 28.1 Å². The molecule has 0 aromatic heterocycles. The molecule has 0 aliphatic rings. The molecule has 21 heavy (non-hydrogen) atoms. The van der Waals surface area contributed by atoms with Gasteiger partial charge in [0.05, 0.1) is 11.0 Å². The zero-order valence-electron chi connectivity index (χ0n) is 10.8. The molecule has 7 heteroatoms. The van der Waals surface area contributed by atoms with Gasteiger partial charge in [-0.15, -0.1) is 0 Å². The number of anilines is 1. The van der Waals surface area contributed by atoms with Gasteiger partial charge in [-0.25, -0.2) is 4.39 Å². The van der Waals surface area contributed by atoms with Crippen molar-refractivity contribution in [2.45, 2.75) is 6.10 Å². The molecule has 2 aromatic rings. The van der Waals surface area contributed by atoms with E-state index in [0.717, 1.165) is 0 Å². The molecule has 2 rings (SSSR count). The van der Waals surface area contributed by atoms with E-state index in [1.54, 1.807) is 12.1 Å².